The second-order valence-electron chi connectivity index (χ2n) is 4.41. The van der Waals surface area contributed by atoms with E-state index in [9.17, 15) is 0 Å². The van der Waals surface area contributed by atoms with E-state index in [4.69, 9.17) is 20.9 Å². The minimum atomic E-state index is 0.280. The van der Waals surface area contributed by atoms with Crippen LogP contribution in [-0.2, 0) is 11.2 Å². The van der Waals surface area contributed by atoms with Crippen LogP contribution >= 0.6 is 11.6 Å². The standard InChI is InChI=1S/C13H13ClN2O2/c14-11-3-1-2-9(6-11)7-12-15-13(16-18-12)10-4-5-17-8-10/h1-3,6,10H,4-5,7-8H2. The van der Waals surface area contributed by atoms with Gasteiger partial charge in [0.1, 0.15) is 0 Å². The molecular formula is C13H13ClN2O2. The van der Waals surface area contributed by atoms with Gasteiger partial charge in [0.2, 0.25) is 5.89 Å². The van der Waals surface area contributed by atoms with Crippen LogP contribution in [0.2, 0.25) is 5.02 Å². The first-order valence-electron chi connectivity index (χ1n) is 5.96. The average Bonchev–Trinajstić information content (AvgIpc) is 2.98. The molecule has 18 heavy (non-hydrogen) atoms. The molecule has 0 bridgehead atoms. The quantitative estimate of drug-likeness (QED) is 0.855. The molecule has 0 aliphatic carbocycles. The van der Waals surface area contributed by atoms with Crippen molar-refractivity contribution < 1.29 is 9.26 Å². The lowest BCUT2D eigenvalue weighted by molar-refractivity contribution is 0.192. The molecule has 0 saturated carbocycles. The topological polar surface area (TPSA) is 48.2 Å². The van der Waals surface area contributed by atoms with Crippen LogP contribution in [0, 0.1) is 0 Å². The van der Waals surface area contributed by atoms with Gasteiger partial charge in [0.25, 0.3) is 0 Å². The molecule has 4 nitrogen and oxygen atoms in total. The third-order valence-electron chi connectivity index (χ3n) is 3.02. The molecule has 1 saturated heterocycles. The number of hydrogen-bond acceptors (Lipinski definition) is 4. The van der Waals surface area contributed by atoms with E-state index in [1.807, 2.05) is 24.3 Å². The Morgan fingerprint density at radius 1 is 1.39 bits per heavy atom. The van der Waals surface area contributed by atoms with Gasteiger partial charge < -0.3 is 9.26 Å². The molecule has 1 aromatic heterocycles. The highest BCUT2D eigenvalue weighted by atomic mass is 35.5. The Kier molecular flexibility index (Phi) is 3.30. The van der Waals surface area contributed by atoms with Crippen molar-refractivity contribution in [3.8, 4) is 0 Å². The number of hydrogen-bond donors (Lipinski definition) is 0. The maximum Gasteiger partial charge on any atom is 0.231 e. The van der Waals surface area contributed by atoms with E-state index in [1.54, 1.807) is 0 Å². The monoisotopic (exact) mass is 264 g/mol. The zero-order chi connectivity index (χ0) is 12.4. The average molecular weight is 265 g/mol. The molecule has 1 aromatic carbocycles. The summed E-state index contributed by atoms with van der Waals surface area (Å²) in [6, 6.07) is 7.67. The highest BCUT2D eigenvalue weighted by Gasteiger charge is 2.23. The van der Waals surface area contributed by atoms with E-state index < -0.39 is 0 Å². The van der Waals surface area contributed by atoms with Gasteiger partial charge in [0.05, 0.1) is 13.0 Å². The van der Waals surface area contributed by atoms with Gasteiger partial charge in [0.15, 0.2) is 5.82 Å². The lowest BCUT2D eigenvalue weighted by atomic mass is 10.1. The van der Waals surface area contributed by atoms with E-state index in [0.29, 0.717) is 18.9 Å². The van der Waals surface area contributed by atoms with Crippen LogP contribution in [-0.4, -0.2) is 23.4 Å². The summed E-state index contributed by atoms with van der Waals surface area (Å²) in [5, 5.41) is 4.74. The summed E-state index contributed by atoms with van der Waals surface area (Å²) in [5.41, 5.74) is 1.07. The lowest BCUT2D eigenvalue weighted by Gasteiger charge is -1.98. The van der Waals surface area contributed by atoms with E-state index in [1.165, 1.54) is 0 Å². The minimum Gasteiger partial charge on any atom is -0.381 e. The molecule has 5 heteroatoms. The molecule has 1 fully saturated rings. The van der Waals surface area contributed by atoms with Crippen molar-refractivity contribution in [1.82, 2.24) is 10.1 Å². The van der Waals surface area contributed by atoms with Gasteiger partial charge >= 0.3 is 0 Å². The summed E-state index contributed by atoms with van der Waals surface area (Å²) >= 11 is 5.94. The number of halogens is 1. The molecule has 1 atom stereocenters. The van der Waals surface area contributed by atoms with Gasteiger partial charge in [-0.25, -0.2) is 0 Å². The number of rotatable bonds is 3. The van der Waals surface area contributed by atoms with Crippen LogP contribution in [0.3, 0.4) is 0 Å². The van der Waals surface area contributed by atoms with Crippen LogP contribution in [0.4, 0.5) is 0 Å². The number of aromatic nitrogens is 2. The van der Waals surface area contributed by atoms with Crippen molar-refractivity contribution in [1.29, 1.82) is 0 Å². The van der Waals surface area contributed by atoms with Gasteiger partial charge in [-0.2, -0.15) is 4.98 Å². The third kappa shape index (κ3) is 2.54. The molecule has 1 unspecified atom stereocenters. The molecule has 3 rings (SSSR count). The van der Waals surface area contributed by atoms with Crippen molar-refractivity contribution >= 4 is 11.6 Å². The second kappa shape index (κ2) is 5.08. The minimum absolute atomic E-state index is 0.280. The van der Waals surface area contributed by atoms with Gasteiger partial charge in [-0.1, -0.05) is 28.9 Å². The predicted octanol–water partition coefficient (Wildman–Crippen LogP) is 2.82. The van der Waals surface area contributed by atoms with E-state index in [0.717, 1.165) is 29.4 Å². The van der Waals surface area contributed by atoms with E-state index in [-0.39, 0.29) is 5.92 Å². The number of ether oxygens (including phenoxy) is 1. The first-order chi connectivity index (χ1) is 8.81. The molecule has 0 radical (unpaired) electrons. The molecular weight excluding hydrogens is 252 g/mol. The largest absolute Gasteiger partial charge is 0.381 e. The normalized spacial score (nSPS) is 19.3. The Morgan fingerprint density at radius 3 is 3.11 bits per heavy atom. The zero-order valence-corrected chi connectivity index (χ0v) is 10.6. The van der Waals surface area contributed by atoms with E-state index in [2.05, 4.69) is 10.1 Å². The summed E-state index contributed by atoms with van der Waals surface area (Å²) in [6.07, 6.45) is 1.58. The molecule has 0 N–H and O–H groups in total. The molecule has 0 amide bonds. The highest BCUT2D eigenvalue weighted by Crippen LogP contribution is 2.23. The fourth-order valence-corrected chi connectivity index (χ4v) is 2.28. The molecule has 2 aromatic rings. The van der Waals surface area contributed by atoms with Crippen LogP contribution in [0.5, 0.6) is 0 Å². The Labute approximate surface area is 110 Å². The second-order valence-corrected chi connectivity index (χ2v) is 4.85. The van der Waals surface area contributed by atoms with Gasteiger partial charge in [-0.15, -0.1) is 0 Å². The summed E-state index contributed by atoms with van der Waals surface area (Å²) in [7, 11) is 0. The van der Waals surface area contributed by atoms with Crippen LogP contribution in [0.15, 0.2) is 28.8 Å². The van der Waals surface area contributed by atoms with Crippen LogP contribution < -0.4 is 0 Å². The first-order valence-corrected chi connectivity index (χ1v) is 6.34. The summed E-state index contributed by atoms with van der Waals surface area (Å²) in [4.78, 5) is 4.42. The third-order valence-corrected chi connectivity index (χ3v) is 3.26. The van der Waals surface area contributed by atoms with Gasteiger partial charge in [-0.05, 0) is 24.1 Å². The number of nitrogens with zero attached hydrogens (tertiary/aromatic N) is 2. The van der Waals surface area contributed by atoms with Crippen LogP contribution in [0.1, 0.15) is 29.6 Å². The van der Waals surface area contributed by atoms with Gasteiger partial charge in [-0.3, -0.25) is 0 Å². The highest BCUT2D eigenvalue weighted by molar-refractivity contribution is 6.30. The summed E-state index contributed by atoms with van der Waals surface area (Å²) in [5.74, 6) is 1.66. The smallest absolute Gasteiger partial charge is 0.231 e. The van der Waals surface area contributed by atoms with Crippen molar-refractivity contribution in [2.45, 2.75) is 18.8 Å². The SMILES string of the molecule is Clc1cccc(Cc2nc(C3CCOC3)no2)c1. The van der Waals surface area contributed by atoms with Crippen molar-refractivity contribution in [2.24, 2.45) is 0 Å². The van der Waals surface area contributed by atoms with Crippen LogP contribution in [0.25, 0.3) is 0 Å². The summed E-state index contributed by atoms with van der Waals surface area (Å²) < 4.78 is 10.6. The molecule has 0 spiro atoms. The Balaban J connectivity index is 1.73. The fourth-order valence-electron chi connectivity index (χ4n) is 2.07. The Morgan fingerprint density at radius 2 is 2.33 bits per heavy atom. The molecule has 94 valence electrons. The molecule has 1 aliphatic rings. The van der Waals surface area contributed by atoms with Crippen molar-refractivity contribution in [3.05, 3.63) is 46.6 Å². The fraction of sp³-hybridized carbons (Fsp3) is 0.385. The molecule has 1 aliphatic heterocycles. The molecule has 2 heterocycles. The summed E-state index contributed by atoms with van der Waals surface area (Å²) in [6.45, 7) is 1.47. The zero-order valence-electron chi connectivity index (χ0n) is 9.80. The maximum atomic E-state index is 5.94. The van der Waals surface area contributed by atoms with Gasteiger partial charge in [0, 0.05) is 17.5 Å². The van der Waals surface area contributed by atoms with Crippen molar-refractivity contribution in [2.75, 3.05) is 13.2 Å². The predicted molar refractivity (Wildman–Crippen MR) is 66.7 cm³/mol. The Hall–Kier alpha value is -1.39. The Bertz CT molecular complexity index is 535. The maximum absolute atomic E-state index is 5.94. The number of benzene rings is 1. The lowest BCUT2D eigenvalue weighted by Crippen LogP contribution is -2.00. The first kappa shape index (κ1) is 11.7. The van der Waals surface area contributed by atoms with E-state index >= 15 is 0 Å². The van der Waals surface area contributed by atoms with Crippen molar-refractivity contribution in [3.63, 3.8) is 0 Å².